The second-order valence-corrected chi connectivity index (χ2v) is 14.0. The van der Waals surface area contributed by atoms with Crippen molar-refractivity contribution >= 4 is 37.1 Å². The quantitative estimate of drug-likeness (QED) is 0.192. The largest absolute Gasteiger partial charge is 0.410 e. The Balaban J connectivity index is 1.65. The molecule has 3 aliphatic carbocycles. The van der Waals surface area contributed by atoms with Crippen LogP contribution in [-0.2, 0) is 20.0 Å². The Morgan fingerprint density at radius 2 is 1.05 bits per heavy atom. The summed E-state index contributed by atoms with van der Waals surface area (Å²) in [5, 5.41) is 37.5. The van der Waals surface area contributed by atoms with Crippen molar-refractivity contribution in [2.75, 3.05) is 0 Å². The number of hydrogen-bond acceptors (Lipinski definition) is 10. The van der Waals surface area contributed by atoms with Crippen molar-refractivity contribution in [1.29, 1.82) is 0 Å². The van der Waals surface area contributed by atoms with Gasteiger partial charge < -0.3 is 5.21 Å². The Bertz CT molecular complexity index is 1540. The zero-order chi connectivity index (χ0) is 29.5. The fourth-order valence-electron chi connectivity index (χ4n) is 5.97. The summed E-state index contributed by atoms with van der Waals surface area (Å²) in [6.45, 7) is 0. The van der Waals surface area contributed by atoms with Crippen LogP contribution >= 0.6 is 0 Å². The molecule has 14 nitrogen and oxygen atoms in total. The number of nitro groups is 2. The van der Waals surface area contributed by atoms with Gasteiger partial charge in [-0.25, -0.2) is 26.3 Å². The number of nitro benzene ring substituents is 2. The van der Waals surface area contributed by atoms with Crippen molar-refractivity contribution in [3.63, 3.8) is 0 Å². The van der Waals surface area contributed by atoms with Crippen molar-refractivity contribution in [2.24, 2.45) is 5.16 Å². The average Bonchev–Trinajstić information content (AvgIpc) is 3.26. The number of hydrogen-bond donors (Lipinski definition) is 3. The molecule has 0 aromatic heterocycles. The normalized spacial score (nSPS) is 18.1. The zero-order valence-corrected chi connectivity index (χ0v) is 23.5. The van der Waals surface area contributed by atoms with Gasteiger partial charge in [0.1, 0.15) is 5.71 Å². The van der Waals surface area contributed by atoms with Crippen LogP contribution in [0.4, 0.5) is 11.4 Å². The highest BCUT2D eigenvalue weighted by molar-refractivity contribution is 7.89. The van der Waals surface area contributed by atoms with Gasteiger partial charge in [0.25, 0.3) is 11.4 Å². The fraction of sp³-hybridized carbons (Fsp3) is 0.480. The lowest BCUT2D eigenvalue weighted by atomic mass is 9.96. The minimum atomic E-state index is -4.26. The zero-order valence-electron chi connectivity index (χ0n) is 21.9. The SMILES string of the molecule is O=[N+]([O-])c1cc(S(=O)(=O)NC2CCCCC2)cc2c1-c1c(cc(S(=O)(=O)NC3CCCCC3)cc1[N+](=O)[O-])C2=NO. The highest BCUT2D eigenvalue weighted by atomic mass is 32.2. The molecule has 0 unspecified atom stereocenters. The van der Waals surface area contributed by atoms with Gasteiger partial charge in [-0.05, 0) is 37.8 Å². The van der Waals surface area contributed by atoms with Crippen LogP contribution in [0.3, 0.4) is 0 Å². The van der Waals surface area contributed by atoms with Gasteiger partial charge in [-0.3, -0.25) is 20.2 Å². The van der Waals surface area contributed by atoms with Crippen LogP contribution < -0.4 is 9.44 Å². The molecule has 0 atom stereocenters. The molecule has 220 valence electrons. The van der Waals surface area contributed by atoms with Crippen molar-refractivity contribution < 1.29 is 31.9 Å². The molecule has 0 heterocycles. The first kappa shape index (κ1) is 29.0. The summed E-state index contributed by atoms with van der Waals surface area (Å²) in [5.41, 5.74) is -3.06. The summed E-state index contributed by atoms with van der Waals surface area (Å²) in [4.78, 5) is 21.7. The molecule has 0 spiro atoms. The number of oxime groups is 1. The summed E-state index contributed by atoms with van der Waals surface area (Å²) < 4.78 is 58.2. The van der Waals surface area contributed by atoms with E-state index in [4.69, 9.17) is 0 Å². The third-order valence-electron chi connectivity index (χ3n) is 7.91. The van der Waals surface area contributed by atoms with Crippen LogP contribution in [0.15, 0.2) is 39.2 Å². The van der Waals surface area contributed by atoms with Crippen LogP contribution in [0.2, 0.25) is 0 Å². The van der Waals surface area contributed by atoms with E-state index in [9.17, 15) is 42.3 Å². The van der Waals surface area contributed by atoms with Crippen molar-refractivity contribution in [1.82, 2.24) is 9.44 Å². The second kappa shape index (κ2) is 11.1. The molecule has 5 rings (SSSR count). The van der Waals surface area contributed by atoms with Gasteiger partial charge in [0.2, 0.25) is 20.0 Å². The highest BCUT2D eigenvalue weighted by Crippen LogP contribution is 2.49. The number of sulfonamides is 2. The maximum absolute atomic E-state index is 13.3. The van der Waals surface area contributed by atoms with E-state index < -0.39 is 56.8 Å². The molecule has 16 heteroatoms. The number of nitrogens with one attached hydrogen (secondary N) is 2. The Morgan fingerprint density at radius 3 is 1.37 bits per heavy atom. The molecule has 0 saturated heterocycles. The monoisotopic (exact) mass is 607 g/mol. The van der Waals surface area contributed by atoms with Gasteiger partial charge in [-0.15, -0.1) is 0 Å². The molecular formula is C25H29N5O9S2. The Labute approximate surface area is 236 Å². The summed E-state index contributed by atoms with van der Waals surface area (Å²) >= 11 is 0. The van der Waals surface area contributed by atoms with Crippen LogP contribution in [0.1, 0.15) is 75.3 Å². The maximum Gasteiger partial charge on any atom is 0.279 e. The molecule has 2 aromatic rings. The molecule has 2 fully saturated rings. The predicted molar refractivity (Wildman–Crippen MR) is 147 cm³/mol. The lowest BCUT2D eigenvalue weighted by Gasteiger charge is -2.22. The Morgan fingerprint density at radius 1 is 0.683 bits per heavy atom. The van der Waals surface area contributed by atoms with Gasteiger partial charge in [0.15, 0.2) is 0 Å². The van der Waals surface area contributed by atoms with Crippen molar-refractivity contribution in [3.8, 4) is 11.1 Å². The van der Waals surface area contributed by atoms with Gasteiger partial charge in [-0.2, -0.15) is 0 Å². The fourth-order valence-corrected chi connectivity index (χ4v) is 8.67. The molecule has 0 bridgehead atoms. The molecule has 0 amide bonds. The highest BCUT2D eigenvalue weighted by Gasteiger charge is 2.41. The summed E-state index contributed by atoms with van der Waals surface area (Å²) in [6, 6.07) is 3.03. The minimum Gasteiger partial charge on any atom is -0.410 e. The van der Waals surface area contributed by atoms with Gasteiger partial charge in [0, 0.05) is 35.3 Å². The molecule has 2 aromatic carbocycles. The van der Waals surface area contributed by atoms with E-state index in [1.54, 1.807) is 0 Å². The van der Waals surface area contributed by atoms with Gasteiger partial charge in [0.05, 0.1) is 30.8 Å². The predicted octanol–water partition coefficient (Wildman–Crippen LogP) is 3.93. The summed E-state index contributed by atoms with van der Waals surface area (Å²) in [7, 11) is -8.52. The lowest BCUT2D eigenvalue weighted by Crippen LogP contribution is -2.36. The number of rotatable bonds is 8. The molecule has 3 N–H and O–H groups in total. The summed E-state index contributed by atoms with van der Waals surface area (Å²) in [5.74, 6) is 0. The second-order valence-electron chi connectivity index (χ2n) is 10.6. The lowest BCUT2D eigenvalue weighted by molar-refractivity contribution is -0.386. The maximum atomic E-state index is 13.3. The molecular weight excluding hydrogens is 578 g/mol. The first-order valence-corrected chi connectivity index (χ1v) is 16.3. The van der Waals surface area contributed by atoms with E-state index in [2.05, 4.69) is 14.6 Å². The average molecular weight is 608 g/mol. The van der Waals surface area contributed by atoms with E-state index >= 15 is 0 Å². The minimum absolute atomic E-state index is 0.237. The number of benzene rings is 2. The first-order valence-electron chi connectivity index (χ1n) is 13.4. The van der Waals surface area contributed by atoms with Crippen LogP contribution in [0, 0.1) is 20.2 Å². The van der Waals surface area contributed by atoms with Crippen molar-refractivity contribution in [2.45, 2.75) is 86.1 Å². The smallest absolute Gasteiger partial charge is 0.279 e. The van der Waals surface area contributed by atoms with E-state index in [0.29, 0.717) is 25.7 Å². The van der Waals surface area contributed by atoms with E-state index in [1.807, 2.05) is 0 Å². The van der Waals surface area contributed by atoms with E-state index in [-0.39, 0.29) is 34.3 Å². The van der Waals surface area contributed by atoms with E-state index in [0.717, 1.165) is 62.8 Å². The van der Waals surface area contributed by atoms with Gasteiger partial charge in [-0.1, -0.05) is 43.7 Å². The van der Waals surface area contributed by atoms with Crippen LogP contribution in [0.25, 0.3) is 11.1 Å². The third kappa shape index (κ3) is 5.56. The van der Waals surface area contributed by atoms with E-state index in [1.165, 1.54) is 0 Å². The molecule has 0 aliphatic heterocycles. The molecule has 0 radical (unpaired) electrons. The summed E-state index contributed by atoms with van der Waals surface area (Å²) in [6.07, 6.45) is 7.72. The van der Waals surface area contributed by atoms with Crippen LogP contribution in [-0.4, -0.2) is 49.7 Å². The molecule has 2 saturated carbocycles. The van der Waals surface area contributed by atoms with Crippen LogP contribution in [0.5, 0.6) is 0 Å². The van der Waals surface area contributed by atoms with Crippen molar-refractivity contribution in [3.05, 3.63) is 55.6 Å². The Kier molecular flexibility index (Phi) is 7.84. The van der Waals surface area contributed by atoms with Gasteiger partial charge >= 0.3 is 0 Å². The number of fused-ring (bicyclic) bond motifs is 3. The standard InChI is InChI=1S/C25H29N5O9S2/c31-26-25-19-11-17(40(36,37)27-15-7-3-1-4-8-15)13-21(29(32)33)23(19)24-20(25)12-18(14-22(24)30(34)35)41(38,39)28-16-9-5-2-6-10-16/h11-16,27-28,31H,1-10H2. The Hall–Kier alpha value is -3.47. The molecule has 41 heavy (non-hydrogen) atoms. The number of nitrogens with zero attached hydrogens (tertiary/aromatic N) is 3. The topological polar surface area (TPSA) is 211 Å². The first-order chi connectivity index (χ1) is 19.4. The third-order valence-corrected chi connectivity index (χ3v) is 10.9. The molecule has 3 aliphatic rings.